The lowest BCUT2D eigenvalue weighted by Gasteiger charge is -2.24. The number of amides is 1. The molecule has 1 saturated heterocycles. The number of aromatic nitrogens is 3. The summed E-state index contributed by atoms with van der Waals surface area (Å²) in [4.78, 5) is 23.2. The molecule has 0 saturated carbocycles. The lowest BCUT2D eigenvalue weighted by atomic mass is 10.1. The molecular weight excluding hydrogens is 479 g/mol. The first-order valence-corrected chi connectivity index (χ1v) is 11.4. The van der Waals surface area contributed by atoms with Crippen LogP contribution in [0.5, 0.6) is 0 Å². The van der Waals surface area contributed by atoms with E-state index in [4.69, 9.17) is 4.74 Å². The Morgan fingerprint density at radius 2 is 1.97 bits per heavy atom. The van der Waals surface area contributed by atoms with Crippen LogP contribution in [0.2, 0.25) is 0 Å². The maximum absolute atomic E-state index is 13.1. The zero-order chi connectivity index (χ0) is 26.1. The van der Waals surface area contributed by atoms with Crippen LogP contribution in [0, 0.1) is 0 Å². The smallest absolute Gasteiger partial charge is 0.395 e. The largest absolute Gasteiger partial charge is 0.417 e. The number of hydrogen-bond acceptors (Lipinski definition) is 7. The van der Waals surface area contributed by atoms with E-state index in [0.29, 0.717) is 30.5 Å². The molecule has 4 rings (SSSR count). The molecule has 0 aromatic carbocycles. The minimum absolute atomic E-state index is 0.0356. The van der Waals surface area contributed by atoms with Crippen molar-refractivity contribution < 1.29 is 32.9 Å². The van der Waals surface area contributed by atoms with Gasteiger partial charge in [0.05, 0.1) is 42.0 Å². The average Bonchev–Trinajstić information content (AvgIpc) is 3.40. The Morgan fingerprint density at radius 3 is 2.61 bits per heavy atom. The Hall–Kier alpha value is -3.06. The van der Waals surface area contributed by atoms with E-state index in [1.807, 2.05) is 4.90 Å². The SMILES string of the molecule is CC(C)(O)CO[C@@H]1CN(CCO)C[C@H]1NC(=O)c1cc2c(ccn2-c2ccc(C(F)(F)F)cn2)cn1. The van der Waals surface area contributed by atoms with E-state index < -0.39 is 35.4 Å². The third kappa shape index (κ3) is 6.01. The number of pyridine rings is 2. The van der Waals surface area contributed by atoms with Crippen LogP contribution in [0.4, 0.5) is 13.2 Å². The summed E-state index contributed by atoms with van der Waals surface area (Å²) in [7, 11) is 0. The maximum Gasteiger partial charge on any atom is 0.417 e. The average molecular weight is 508 g/mol. The Morgan fingerprint density at radius 1 is 1.19 bits per heavy atom. The van der Waals surface area contributed by atoms with Crippen LogP contribution >= 0.6 is 0 Å². The third-order valence-corrected chi connectivity index (χ3v) is 5.85. The van der Waals surface area contributed by atoms with E-state index in [-0.39, 0.29) is 24.7 Å². The topological polar surface area (TPSA) is 113 Å². The van der Waals surface area contributed by atoms with Crippen LogP contribution in [0.1, 0.15) is 29.9 Å². The van der Waals surface area contributed by atoms with Gasteiger partial charge in [0, 0.05) is 43.6 Å². The number of aliphatic hydroxyl groups excluding tert-OH is 1. The van der Waals surface area contributed by atoms with Crippen LogP contribution in [-0.2, 0) is 10.9 Å². The Kier molecular flexibility index (Phi) is 7.32. The highest BCUT2D eigenvalue weighted by molar-refractivity contribution is 5.96. The van der Waals surface area contributed by atoms with Gasteiger partial charge in [-0.2, -0.15) is 13.2 Å². The number of alkyl halides is 3. The molecule has 194 valence electrons. The number of carbonyl (C=O) groups excluding carboxylic acids is 1. The van der Waals surface area contributed by atoms with Crippen LogP contribution in [-0.4, -0.2) is 86.2 Å². The number of ether oxygens (including phenoxy) is 1. The molecule has 1 aliphatic heterocycles. The van der Waals surface area contributed by atoms with Gasteiger partial charge in [-0.3, -0.25) is 14.7 Å². The van der Waals surface area contributed by atoms with Crippen molar-refractivity contribution in [3.8, 4) is 5.82 Å². The second-order valence-corrected chi connectivity index (χ2v) is 9.44. The summed E-state index contributed by atoms with van der Waals surface area (Å²) < 4.78 is 46.1. The van der Waals surface area contributed by atoms with Gasteiger partial charge >= 0.3 is 6.18 Å². The number of nitrogens with one attached hydrogen (secondary N) is 1. The molecule has 0 radical (unpaired) electrons. The van der Waals surface area contributed by atoms with Crippen molar-refractivity contribution in [2.24, 2.45) is 0 Å². The molecule has 12 heteroatoms. The quantitative estimate of drug-likeness (QED) is 0.428. The number of nitrogens with zero attached hydrogens (tertiary/aromatic N) is 4. The molecule has 1 fully saturated rings. The Bertz CT molecular complexity index is 1210. The lowest BCUT2D eigenvalue weighted by Crippen LogP contribution is -2.45. The zero-order valence-electron chi connectivity index (χ0n) is 19.9. The third-order valence-electron chi connectivity index (χ3n) is 5.85. The van der Waals surface area contributed by atoms with Crippen molar-refractivity contribution >= 4 is 16.8 Å². The summed E-state index contributed by atoms with van der Waals surface area (Å²) in [6.07, 6.45) is -0.952. The molecule has 4 heterocycles. The second-order valence-electron chi connectivity index (χ2n) is 9.44. The standard InChI is InChI=1S/C24H28F3N5O4/c1-23(2,35)14-36-20-13-31(7-8-33)12-18(20)30-22(34)17-9-19-15(10-28-17)5-6-32(19)21-4-3-16(11-29-21)24(25,26)27/h3-6,9-11,18,20,33,35H,7-8,12-14H2,1-2H3,(H,30,34)/t18-,20-/m1/s1. The summed E-state index contributed by atoms with van der Waals surface area (Å²) >= 11 is 0. The minimum atomic E-state index is -4.49. The monoisotopic (exact) mass is 507 g/mol. The molecule has 1 amide bonds. The second kappa shape index (κ2) is 10.1. The molecule has 0 bridgehead atoms. The van der Waals surface area contributed by atoms with Crippen molar-refractivity contribution in [3.63, 3.8) is 0 Å². The first-order valence-electron chi connectivity index (χ1n) is 11.4. The number of fused-ring (bicyclic) bond motifs is 1. The fraction of sp³-hybridized carbons (Fsp3) is 0.458. The molecule has 36 heavy (non-hydrogen) atoms. The van der Waals surface area contributed by atoms with Crippen molar-refractivity contribution in [2.75, 3.05) is 32.8 Å². The number of aliphatic hydroxyl groups is 2. The van der Waals surface area contributed by atoms with Crippen LogP contribution in [0.25, 0.3) is 16.7 Å². The number of carbonyl (C=O) groups is 1. The summed E-state index contributed by atoms with van der Waals surface area (Å²) in [5, 5.41) is 22.9. The summed E-state index contributed by atoms with van der Waals surface area (Å²) in [5.74, 6) is -0.177. The predicted molar refractivity (Wildman–Crippen MR) is 125 cm³/mol. The number of halogens is 3. The van der Waals surface area contributed by atoms with Gasteiger partial charge in [0.1, 0.15) is 11.5 Å². The molecule has 0 aliphatic carbocycles. The normalized spacial score (nSPS) is 19.2. The maximum atomic E-state index is 13.1. The van der Waals surface area contributed by atoms with Crippen molar-refractivity contribution in [1.82, 2.24) is 24.8 Å². The molecule has 3 N–H and O–H groups in total. The fourth-order valence-electron chi connectivity index (χ4n) is 4.08. The van der Waals surface area contributed by atoms with E-state index in [1.54, 1.807) is 36.7 Å². The zero-order valence-corrected chi connectivity index (χ0v) is 19.9. The minimum Gasteiger partial charge on any atom is -0.395 e. The number of rotatable bonds is 8. The van der Waals surface area contributed by atoms with Crippen LogP contribution < -0.4 is 5.32 Å². The van der Waals surface area contributed by atoms with Gasteiger partial charge in [-0.25, -0.2) is 4.98 Å². The highest BCUT2D eigenvalue weighted by Gasteiger charge is 2.36. The Balaban J connectivity index is 1.54. The molecular formula is C24H28F3N5O4. The molecule has 2 atom stereocenters. The molecule has 3 aromatic rings. The van der Waals surface area contributed by atoms with Crippen molar-refractivity contribution in [3.05, 3.63) is 54.1 Å². The van der Waals surface area contributed by atoms with Crippen molar-refractivity contribution in [2.45, 2.75) is 37.8 Å². The summed E-state index contributed by atoms with van der Waals surface area (Å²) in [6.45, 7) is 4.66. The first kappa shape index (κ1) is 26.0. The highest BCUT2D eigenvalue weighted by Crippen LogP contribution is 2.29. The Labute approximate surface area is 205 Å². The van der Waals surface area contributed by atoms with Crippen LogP contribution in [0.15, 0.2) is 42.9 Å². The van der Waals surface area contributed by atoms with Gasteiger partial charge in [0.2, 0.25) is 0 Å². The summed E-state index contributed by atoms with van der Waals surface area (Å²) in [6, 6.07) is 5.11. The van der Waals surface area contributed by atoms with Gasteiger partial charge in [-0.05, 0) is 38.1 Å². The van der Waals surface area contributed by atoms with Gasteiger partial charge < -0.3 is 24.8 Å². The van der Waals surface area contributed by atoms with E-state index >= 15 is 0 Å². The molecule has 0 spiro atoms. The van der Waals surface area contributed by atoms with Crippen LogP contribution in [0.3, 0.4) is 0 Å². The molecule has 3 aromatic heterocycles. The highest BCUT2D eigenvalue weighted by atomic mass is 19.4. The molecule has 9 nitrogen and oxygen atoms in total. The summed E-state index contributed by atoms with van der Waals surface area (Å²) in [5.41, 5.74) is -1.21. The fourth-order valence-corrected chi connectivity index (χ4v) is 4.08. The molecule has 0 unspecified atom stereocenters. The van der Waals surface area contributed by atoms with E-state index in [2.05, 4.69) is 15.3 Å². The number of likely N-dealkylation sites (tertiary alicyclic amines) is 1. The van der Waals surface area contributed by atoms with E-state index in [0.717, 1.165) is 12.3 Å². The number of hydrogen-bond donors (Lipinski definition) is 3. The van der Waals surface area contributed by atoms with E-state index in [9.17, 15) is 28.2 Å². The molecule has 1 aliphatic rings. The van der Waals surface area contributed by atoms with Gasteiger partial charge in [-0.15, -0.1) is 0 Å². The predicted octanol–water partition coefficient (Wildman–Crippen LogP) is 2.00. The van der Waals surface area contributed by atoms with Gasteiger partial charge in [-0.1, -0.05) is 0 Å². The van der Waals surface area contributed by atoms with Crippen molar-refractivity contribution in [1.29, 1.82) is 0 Å². The number of β-amino-alcohol motifs (C(OH)–C–C–N with tert-alkyl or cyclic N) is 1. The van der Waals surface area contributed by atoms with Gasteiger partial charge in [0.15, 0.2) is 0 Å². The van der Waals surface area contributed by atoms with Gasteiger partial charge in [0.25, 0.3) is 5.91 Å². The lowest BCUT2D eigenvalue weighted by molar-refractivity contribution is -0.137. The van der Waals surface area contributed by atoms with E-state index in [1.165, 1.54) is 12.3 Å². The first-order chi connectivity index (χ1) is 16.9.